The van der Waals surface area contributed by atoms with E-state index in [2.05, 4.69) is 38.0 Å². The van der Waals surface area contributed by atoms with Crippen LogP contribution >= 0.6 is 0 Å². The van der Waals surface area contributed by atoms with Crippen molar-refractivity contribution in [2.24, 2.45) is 0 Å². The predicted molar refractivity (Wildman–Crippen MR) is 85.2 cm³/mol. The van der Waals surface area contributed by atoms with Gasteiger partial charge in [0.2, 0.25) is 0 Å². The molecule has 1 unspecified atom stereocenters. The van der Waals surface area contributed by atoms with Gasteiger partial charge in [-0.2, -0.15) is 0 Å². The van der Waals surface area contributed by atoms with Crippen LogP contribution in [0.3, 0.4) is 0 Å². The lowest BCUT2D eigenvalue weighted by atomic mass is 9.77. The summed E-state index contributed by atoms with van der Waals surface area (Å²) in [5.41, 5.74) is 0.424. The highest BCUT2D eigenvalue weighted by Crippen LogP contribution is 2.38. The molecule has 2 aliphatic rings. The van der Waals surface area contributed by atoms with Gasteiger partial charge < -0.3 is 15.0 Å². The van der Waals surface area contributed by atoms with Crippen LogP contribution in [0.15, 0.2) is 0 Å². The molecule has 20 heavy (non-hydrogen) atoms. The summed E-state index contributed by atoms with van der Waals surface area (Å²) < 4.78 is 6.32. The van der Waals surface area contributed by atoms with Gasteiger partial charge in [-0.25, -0.2) is 0 Å². The second kappa shape index (κ2) is 6.76. The Kier molecular flexibility index (Phi) is 5.49. The van der Waals surface area contributed by atoms with Crippen molar-refractivity contribution in [2.45, 2.75) is 82.9 Å². The topological polar surface area (TPSA) is 24.5 Å². The molecule has 1 atom stereocenters. The van der Waals surface area contributed by atoms with Crippen LogP contribution in [0.25, 0.3) is 0 Å². The lowest BCUT2D eigenvalue weighted by molar-refractivity contribution is -0.108. The molecule has 2 fully saturated rings. The fraction of sp³-hybridized carbons (Fsp3) is 1.00. The average Bonchev–Trinajstić information content (AvgIpc) is 2.69. The summed E-state index contributed by atoms with van der Waals surface area (Å²) in [6.45, 7) is 9.99. The summed E-state index contributed by atoms with van der Waals surface area (Å²) in [6.07, 6.45) is 8.98. The molecular weight excluding hydrogens is 248 g/mol. The molecule has 3 nitrogen and oxygen atoms in total. The van der Waals surface area contributed by atoms with Crippen molar-refractivity contribution >= 4 is 0 Å². The maximum atomic E-state index is 6.32. The second-order valence-electron chi connectivity index (χ2n) is 7.88. The van der Waals surface area contributed by atoms with Crippen LogP contribution in [0.4, 0.5) is 0 Å². The number of hydrogen-bond donors (Lipinski definition) is 1. The van der Waals surface area contributed by atoms with Crippen LogP contribution < -0.4 is 5.32 Å². The van der Waals surface area contributed by atoms with Crippen LogP contribution in [0, 0.1) is 0 Å². The van der Waals surface area contributed by atoms with Crippen LogP contribution in [-0.4, -0.2) is 48.8 Å². The van der Waals surface area contributed by atoms with Crippen LogP contribution in [0.5, 0.6) is 0 Å². The highest BCUT2D eigenvalue weighted by Gasteiger charge is 2.37. The van der Waals surface area contributed by atoms with E-state index in [9.17, 15) is 0 Å². The molecule has 1 saturated carbocycles. The van der Waals surface area contributed by atoms with E-state index < -0.39 is 0 Å². The molecule has 1 heterocycles. The summed E-state index contributed by atoms with van der Waals surface area (Å²) >= 11 is 0. The summed E-state index contributed by atoms with van der Waals surface area (Å²) in [7, 11) is 2.25. The first kappa shape index (κ1) is 16.3. The first-order valence-corrected chi connectivity index (χ1v) is 8.50. The summed E-state index contributed by atoms with van der Waals surface area (Å²) in [4.78, 5) is 2.50. The number of likely N-dealkylation sites (tertiary alicyclic amines) is 1. The number of rotatable bonds is 7. The Bertz CT molecular complexity index is 294. The molecular formula is C17H34N2O. The molecule has 0 amide bonds. The maximum absolute atomic E-state index is 6.32. The first-order chi connectivity index (χ1) is 9.40. The number of nitrogens with zero attached hydrogens (tertiary/aromatic N) is 1. The minimum atomic E-state index is 0.204. The van der Waals surface area contributed by atoms with Gasteiger partial charge in [0, 0.05) is 18.2 Å². The first-order valence-electron chi connectivity index (χ1n) is 8.50. The third kappa shape index (κ3) is 4.71. The van der Waals surface area contributed by atoms with E-state index in [1.54, 1.807) is 0 Å². The lowest BCUT2D eigenvalue weighted by Crippen LogP contribution is -2.46. The second-order valence-corrected chi connectivity index (χ2v) is 7.88. The van der Waals surface area contributed by atoms with Gasteiger partial charge in [-0.15, -0.1) is 0 Å². The van der Waals surface area contributed by atoms with Crippen LogP contribution in [0.1, 0.15) is 65.7 Å². The zero-order valence-electron chi connectivity index (χ0n) is 14.0. The van der Waals surface area contributed by atoms with Gasteiger partial charge in [0.05, 0.1) is 5.60 Å². The molecule has 0 aromatic carbocycles. The van der Waals surface area contributed by atoms with Gasteiger partial charge >= 0.3 is 0 Å². The van der Waals surface area contributed by atoms with Crippen molar-refractivity contribution in [3.63, 3.8) is 0 Å². The highest BCUT2D eigenvalue weighted by atomic mass is 16.5. The molecule has 0 bridgehead atoms. The van der Waals surface area contributed by atoms with Crippen molar-refractivity contribution in [2.75, 3.05) is 26.7 Å². The van der Waals surface area contributed by atoms with E-state index in [0.717, 1.165) is 19.2 Å². The van der Waals surface area contributed by atoms with Crippen molar-refractivity contribution in [3.05, 3.63) is 0 Å². The lowest BCUT2D eigenvalue weighted by Gasteiger charge is -2.43. The Morgan fingerprint density at radius 3 is 2.50 bits per heavy atom. The standard InChI is InChI=1S/C17H34N2O/c1-16(2,3)18-12-11-17(9-6-10-17)20-14-8-15-7-5-13-19(15)4/h15,18H,5-14H2,1-4H3. The van der Waals surface area contributed by atoms with Gasteiger partial charge in [-0.3, -0.25) is 0 Å². The highest BCUT2D eigenvalue weighted by molar-refractivity contribution is 4.91. The SMILES string of the molecule is CN1CCCC1CCOC1(CCNC(C)(C)C)CCC1. The van der Waals surface area contributed by atoms with E-state index in [-0.39, 0.29) is 11.1 Å². The number of nitrogens with one attached hydrogen (secondary N) is 1. The number of ether oxygens (including phenoxy) is 1. The molecule has 1 aliphatic carbocycles. The minimum absolute atomic E-state index is 0.204. The van der Waals surface area contributed by atoms with E-state index >= 15 is 0 Å². The summed E-state index contributed by atoms with van der Waals surface area (Å²) in [5, 5.41) is 3.60. The Morgan fingerprint density at radius 1 is 1.25 bits per heavy atom. The average molecular weight is 282 g/mol. The van der Waals surface area contributed by atoms with Gasteiger partial charge in [-0.05, 0) is 85.9 Å². The predicted octanol–water partition coefficient (Wildman–Crippen LogP) is 3.19. The van der Waals surface area contributed by atoms with E-state index in [0.29, 0.717) is 0 Å². The summed E-state index contributed by atoms with van der Waals surface area (Å²) in [6, 6.07) is 0.764. The van der Waals surface area contributed by atoms with E-state index in [4.69, 9.17) is 4.74 Å². The van der Waals surface area contributed by atoms with Crippen molar-refractivity contribution in [1.29, 1.82) is 0 Å². The monoisotopic (exact) mass is 282 g/mol. The van der Waals surface area contributed by atoms with Gasteiger partial charge in [0.15, 0.2) is 0 Å². The number of hydrogen-bond acceptors (Lipinski definition) is 3. The van der Waals surface area contributed by atoms with Gasteiger partial charge in [0.25, 0.3) is 0 Å². The van der Waals surface area contributed by atoms with E-state index in [1.807, 2.05) is 0 Å². The van der Waals surface area contributed by atoms with E-state index in [1.165, 1.54) is 51.5 Å². The third-order valence-electron chi connectivity index (χ3n) is 5.03. The fourth-order valence-corrected chi connectivity index (χ4v) is 3.46. The molecule has 3 heteroatoms. The van der Waals surface area contributed by atoms with Crippen LogP contribution in [-0.2, 0) is 4.74 Å². The minimum Gasteiger partial charge on any atom is -0.375 e. The Labute approximate surface area is 125 Å². The fourth-order valence-electron chi connectivity index (χ4n) is 3.46. The zero-order chi connectivity index (χ0) is 14.6. The van der Waals surface area contributed by atoms with Crippen molar-refractivity contribution in [1.82, 2.24) is 10.2 Å². The Morgan fingerprint density at radius 2 is 2.00 bits per heavy atom. The molecule has 1 aliphatic heterocycles. The quantitative estimate of drug-likeness (QED) is 0.776. The van der Waals surface area contributed by atoms with Crippen molar-refractivity contribution in [3.8, 4) is 0 Å². The molecule has 1 saturated heterocycles. The molecule has 0 radical (unpaired) electrons. The molecule has 0 aromatic rings. The maximum Gasteiger partial charge on any atom is 0.0694 e. The Balaban J connectivity index is 1.66. The smallest absolute Gasteiger partial charge is 0.0694 e. The third-order valence-corrected chi connectivity index (χ3v) is 5.03. The Hall–Kier alpha value is -0.120. The normalized spacial score (nSPS) is 26.7. The van der Waals surface area contributed by atoms with Gasteiger partial charge in [0.1, 0.15) is 0 Å². The molecule has 2 rings (SSSR count). The van der Waals surface area contributed by atoms with Crippen molar-refractivity contribution < 1.29 is 4.74 Å². The van der Waals surface area contributed by atoms with Crippen LogP contribution in [0.2, 0.25) is 0 Å². The largest absolute Gasteiger partial charge is 0.375 e. The zero-order valence-corrected chi connectivity index (χ0v) is 14.0. The summed E-state index contributed by atoms with van der Waals surface area (Å²) in [5.74, 6) is 0. The molecule has 0 spiro atoms. The molecule has 1 N–H and O–H groups in total. The molecule has 0 aromatic heterocycles. The molecule has 118 valence electrons. The van der Waals surface area contributed by atoms with Gasteiger partial charge in [-0.1, -0.05) is 0 Å².